The van der Waals surface area contributed by atoms with Crippen LogP contribution in [-0.4, -0.2) is 10.2 Å². The van der Waals surface area contributed by atoms with Gasteiger partial charge in [0, 0.05) is 12.1 Å². The summed E-state index contributed by atoms with van der Waals surface area (Å²) in [6.07, 6.45) is 2.30. The molecule has 78 valence electrons. The van der Waals surface area contributed by atoms with E-state index >= 15 is 0 Å². The van der Waals surface area contributed by atoms with Gasteiger partial charge in [0.15, 0.2) is 0 Å². The van der Waals surface area contributed by atoms with Crippen LogP contribution in [0.5, 0.6) is 11.5 Å². The van der Waals surface area contributed by atoms with Crippen molar-refractivity contribution in [1.82, 2.24) is 0 Å². The van der Waals surface area contributed by atoms with Crippen LogP contribution in [0.4, 0.5) is 0 Å². The second kappa shape index (κ2) is 4.07. The highest BCUT2D eigenvalue weighted by molar-refractivity contribution is 5.85. The van der Waals surface area contributed by atoms with Crippen LogP contribution >= 0.6 is 12.4 Å². The molecule has 4 heteroatoms. The van der Waals surface area contributed by atoms with E-state index < -0.39 is 0 Å². The predicted octanol–water partition coefficient (Wildman–Crippen LogP) is 1.93. The molecule has 0 unspecified atom stereocenters. The molecule has 0 saturated heterocycles. The third-order valence-electron chi connectivity index (χ3n) is 2.44. The molecule has 0 radical (unpaired) electrons. The first-order valence-corrected chi connectivity index (χ1v) is 4.45. The molecule has 0 bridgehead atoms. The summed E-state index contributed by atoms with van der Waals surface area (Å²) in [7, 11) is 0. The number of phenolic OH excluding ortho intramolecular Hbond substituents is 2. The molecule has 1 aromatic carbocycles. The number of benzene rings is 1. The lowest BCUT2D eigenvalue weighted by Crippen LogP contribution is -2.11. The summed E-state index contributed by atoms with van der Waals surface area (Å²) < 4.78 is 0. The van der Waals surface area contributed by atoms with E-state index in [2.05, 4.69) is 0 Å². The Hall–Kier alpha value is -0.930. The Balaban J connectivity index is 0.000000980. The van der Waals surface area contributed by atoms with Crippen LogP contribution in [0.1, 0.15) is 24.4 Å². The Morgan fingerprint density at radius 3 is 2.07 bits per heavy atom. The van der Waals surface area contributed by atoms with Crippen molar-refractivity contribution in [3.05, 3.63) is 23.8 Å². The largest absolute Gasteiger partial charge is 0.508 e. The van der Waals surface area contributed by atoms with Crippen LogP contribution < -0.4 is 5.73 Å². The molecule has 1 atom stereocenters. The van der Waals surface area contributed by atoms with Crippen molar-refractivity contribution in [3.63, 3.8) is 0 Å². The summed E-state index contributed by atoms with van der Waals surface area (Å²) in [5.41, 5.74) is 6.74. The first kappa shape index (κ1) is 11.1. The van der Waals surface area contributed by atoms with Crippen molar-refractivity contribution in [2.24, 2.45) is 11.7 Å². The van der Waals surface area contributed by atoms with Gasteiger partial charge in [-0.3, -0.25) is 0 Å². The van der Waals surface area contributed by atoms with Gasteiger partial charge in [-0.05, 0) is 36.5 Å². The standard InChI is InChI=1S/C10H13NO2.ClH/c11-10(6-1-2-6)7-3-8(12)5-9(13)4-7;/h3-6,10,12-13H,1-2,11H2;1H/t10-;/m1./s1. The maximum atomic E-state index is 9.23. The summed E-state index contributed by atoms with van der Waals surface area (Å²) >= 11 is 0. The molecule has 1 aliphatic carbocycles. The number of aromatic hydroxyl groups is 2. The van der Waals surface area contributed by atoms with Crippen molar-refractivity contribution >= 4 is 12.4 Å². The lowest BCUT2D eigenvalue weighted by molar-refractivity contribution is 0.447. The van der Waals surface area contributed by atoms with Crippen LogP contribution in [0.2, 0.25) is 0 Å². The summed E-state index contributed by atoms with van der Waals surface area (Å²) in [5.74, 6) is 0.679. The Morgan fingerprint density at radius 1 is 1.14 bits per heavy atom. The van der Waals surface area contributed by atoms with Crippen LogP contribution in [0.15, 0.2) is 18.2 Å². The normalized spacial score (nSPS) is 17.2. The molecule has 14 heavy (non-hydrogen) atoms. The molecule has 1 saturated carbocycles. The lowest BCUT2D eigenvalue weighted by atomic mass is 10.0. The van der Waals surface area contributed by atoms with E-state index in [0.29, 0.717) is 5.92 Å². The average molecular weight is 216 g/mol. The van der Waals surface area contributed by atoms with Crippen molar-refractivity contribution < 1.29 is 10.2 Å². The number of halogens is 1. The molecule has 4 N–H and O–H groups in total. The highest BCUT2D eigenvalue weighted by Gasteiger charge is 2.29. The Labute approximate surface area is 89.0 Å². The van der Waals surface area contributed by atoms with E-state index in [4.69, 9.17) is 5.73 Å². The van der Waals surface area contributed by atoms with Gasteiger partial charge in [-0.2, -0.15) is 0 Å². The highest BCUT2D eigenvalue weighted by atomic mass is 35.5. The molecule has 0 aliphatic heterocycles. The van der Waals surface area contributed by atoms with Gasteiger partial charge >= 0.3 is 0 Å². The third kappa shape index (κ3) is 2.30. The maximum Gasteiger partial charge on any atom is 0.119 e. The molecule has 0 heterocycles. The van der Waals surface area contributed by atoms with E-state index in [9.17, 15) is 10.2 Å². The van der Waals surface area contributed by atoms with Crippen molar-refractivity contribution in [2.75, 3.05) is 0 Å². The number of hydrogen-bond donors (Lipinski definition) is 3. The lowest BCUT2D eigenvalue weighted by Gasteiger charge is -2.11. The van der Waals surface area contributed by atoms with Crippen molar-refractivity contribution in [2.45, 2.75) is 18.9 Å². The monoisotopic (exact) mass is 215 g/mol. The van der Waals surface area contributed by atoms with Gasteiger partial charge in [-0.15, -0.1) is 12.4 Å². The van der Waals surface area contributed by atoms with Crippen molar-refractivity contribution in [1.29, 1.82) is 0 Å². The smallest absolute Gasteiger partial charge is 0.119 e. The molecule has 1 fully saturated rings. The van der Waals surface area contributed by atoms with Gasteiger partial charge in [0.2, 0.25) is 0 Å². The molecule has 0 amide bonds. The topological polar surface area (TPSA) is 66.5 Å². The second-order valence-electron chi connectivity index (χ2n) is 3.65. The summed E-state index contributed by atoms with van der Waals surface area (Å²) in [4.78, 5) is 0. The molecule has 2 rings (SSSR count). The van der Waals surface area contributed by atoms with Crippen molar-refractivity contribution in [3.8, 4) is 11.5 Å². The minimum atomic E-state index is -0.0435. The Kier molecular flexibility index (Phi) is 3.24. The summed E-state index contributed by atoms with van der Waals surface area (Å²) in [6.45, 7) is 0. The fraction of sp³-hybridized carbons (Fsp3) is 0.400. The second-order valence-corrected chi connectivity index (χ2v) is 3.65. The molecule has 1 aromatic rings. The van der Waals surface area contributed by atoms with E-state index in [-0.39, 0.29) is 29.9 Å². The van der Waals surface area contributed by atoms with E-state index in [0.717, 1.165) is 18.4 Å². The van der Waals surface area contributed by atoms with E-state index in [1.165, 1.54) is 6.07 Å². The van der Waals surface area contributed by atoms with Crippen LogP contribution in [0, 0.1) is 5.92 Å². The first-order valence-electron chi connectivity index (χ1n) is 4.45. The first-order chi connectivity index (χ1) is 6.16. The predicted molar refractivity (Wildman–Crippen MR) is 56.7 cm³/mol. The van der Waals surface area contributed by atoms with Gasteiger partial charge in [0.05, 0.1) is 0 Å². The molecular formula is C10H14ClNO2. The van der Waals surface area contributed by atoms with Crippen LogP contribution in [0.25, 0.3) is 0 Å². The van der Waals surface area contributed by atoms with Gasteiger partial charge < -0.3 is 15.9 Å². The summed E-state index contributed by atoms with van der Waals surface area (Å²) in [5, 5.41) is 18.5. The third-order valence-corrected chi connectivity index (χ3v) is 2.44. The number of rotatable bonds is 2. The zero-order valence-corrected chi connectivity index (χ0v) is 8.50. The fourth-order valence-corrected chi connectivity index (χ4v) is 1.54. The Bertz CT molecular complexity index is 306. The van der Waals surface area contributed by atoms with Crippen LogP contribution in [0.3, 0.4) is 0 Å². The average Bonchev–Trinajstić information content (AvgIpc) is 2.83. The van der Waals surface area contributed by atoms with Gasteiger partial charge in [0.25, 0.3) is 0 Å². The van der Waals surface area contributed by atoms with E-state index in [1.54, 1.807) is 12.1 Å². The summed E-state index contributed by atoms with van der Waals surface area (Å²) in [6, 6.07) is 4.49. The Morgan fingerprint density at radius 2 is 1.64 bits per heavy atom. The molecular weight excluding hydrogens is 202 g/mol. The van der Waals surface area contributed by atoms with Gasteiger partial charge in [0.1, 0.15) is 11.5 Å². The molecule has 1 aliphatic rings. The zero-order chi connectivity index (χ0) is 9.42. The van der Waals surface area contributed by atoms with Gasteiger partial charge in [-0.1, -0.05) is 0 Å². The number of phenols is 2. The zero-order valence-electron chi connectivity index (χ0n) is 7.68. The van der Waals surface area contributed by atoms with Gasteiger partial charge in [-0.25, -0.2) is 0 Å². The molecule has 0 spiro atoms. The number of nitrogens with two attached hydrogens (primary N) is 1. The minimum Gasteiger partial charge on any atom is -0.508 e. The van der Waals surface area contributed by atoms with Crippen LogP contribution in [-0.2, 0) is 0 Å². The molecule has 3 nitrogen and oxygen atoms in total. The van der Waals surface area contributed by atoms with E-state index in [1.807, 2.05) is 0 Å². The minimum absolute atomic E-state index is 0. The number of hydrogen-bond acceptors (Lipinski definition) is 3. The highest BCUT2D eigenvalue weighted by Crippen LogP contribution is 2.40. The fourth-order valence-electron chi connectivity index (χ4n) is 1.54. The SMILES string of the molecule is Cl.N[C@@H](c1cc(O)cc(O)c1)C1CC1. The quantitative estimate of drug-likeness (QED) is 0.706. The maximum absolute atomic E-state index is 9.23. The molecule has 0 aromatic heterocycles.